The van der Waals surface area contributed by atoms with Gasteiger partial charge in [0.05, 0.1) is 20.3 Å². The molecule has 0 aliphatic heterocycles. The number of methoxy groups -OCH3 is 1. The van der Waals surface area contributed by atoms with Gasteiger partial charge in [0.25, 0.3) is 5.91 Å². The van der Waals surface area contributed by atoms with Crippen LogP contribution in [0.3, 0.4) is 0 Å². The lowest BCUT2D eigenvalue weighted by Crippen LogP contribution is -2.30. The predicted octanol–water partition coefficient (Wildman–Crippen LogP) is 3.37. The molecule has 29 heavy (non-hydrogen) atoms. The summed E-state index contributed by atoms with van der Waals surface area (Å²) in [6.07, 6.45) is 0. The molecule has 0 aliphatic rings. The highest BCUT2D eigenvalue weighted by Gasteiger charge is 2.08. The second-order valence-electron chi connectivity index (χ2n) is 6.52. The number of carbonyl (C=O) groups is 1. The van der Waals surface area contributed by atoms with Crippen molar-refractivity contribution in [2.24, 2.45) is 4.99 Å². The molecule has 0 spiro atoms. The molecule has 7 nitrogen and oxygen atoms in total. The van der Waals surface area contributed by atoms with Crippen molar-refractivity contribution in [1.29, 1.82) is 0 Å². The van der Waals surface area contributed by atoms with E-state index in [-0.39, 0.29) is 5.91 Å². The molecule has 0 heterocycles. The molecular formula is C22H30N4O3. The zero-order valence-electron chi connectivity index (χ0n) is 17.8. The van der Waals surface area contributed by atoms with E-state index in [4.69, 9.17) is 9.47 Å². The molecule has 2 aromatic rings. The van der Waals surface area contributed by atoms with Crippen LogP contribution >= 0.6 is 0 Å². The van der Waals surface area contributed by atoms with Gasteiger partial charge in [0.2, 0.25) is 0 Å². The molecule has 0 fully saturated rings. The van der Waals surface area contributed by atoms with Gasteiger partial charge >= 0.3 is 0 Å². The largest absolute Gasteiger partial charge is 0.493 e. The van der Waals surface area contributed by atoms with Gasteiger partial charge in [0, 0.05) is 38.0 Å². The average molecular weight is 399 g/mol. The average Bonchev–Trinajstić information content (AvgIpc) is 2.73. The second-order valence-corrected chi connectivity index (χ2v) is 6.52. The van der Waals surface area contributed by atoms with E-state index in [0.717, 1.165) is 17.8 Å². The van der Waals surface area contributed by atoms with E-state index in [1.54, 1.807) is 26.1 Å². The lowest BCUT2D eigenvalue weighted by atomic mass is 10.1. The van der Waals surface area contributed by atoms with Crippen LogP contribution in [-0.4, -0.2) is 51.1 Å². The van der Waals surface area contributed by atoms with Crippen LogP contribution in [-0.2, 0) is 6.54 Å². The van der Waals surface area contributed by atoms with Crippen molar-refractivity contribution in [1.82, 2.24) is 10.2 Å². The number of carbonyl (C=O) groups excluding carboxylic acids is 1. The van der Waals surface area contributed by atoms with Gasteiger partial charge in [-0.1, -0.05) is 12.1 Å². The zero-order valence-corrected chi connectivity index (χ0v) is 17.8. The first-order chi connectivity index (χ1) is 14.0. The van der Waals surface area contributed by atoms with Gasteiger partial charge in [-0.2, -0.15) is 0 Å². The third-order valence-electron chi connectivity index (χ3n) is 4.10. The van der Waals surface area contributed by atoms with Gasteiger partial charge in [-0.05, 0) is 43.7 Å². The molecule has 2 rings (SSSR count). The maximum atomic E-state index is 12.0. The Balaban J connectivity index is 2.11. The van der Waals surface area contributed by atoms with Crippen LogP contribution < -0.4 is 20.1 Å². The molecule has 0 atom stereocenters. The minimum absolute atomic E-state index is 0.0143. The fourth-order valence-electron chi connectivity index (χ4n) is 2.65. The molecule has 7 heteroatoms. The first-order valence-corrected chi connectivity index (χ1v) is 9.65. The van der Waals surface area contributed by atoms with Gasteiger partial charge < -0.3 is 25.0 Å². The number of guanidine groups is 1. The topological polar surface area (TPSA) is 75.2 Å². The number of hydrogen-bond acceptors (Lipinski definition) is 4. The van der Waals surface area contributed by atoms with E-state index in [1.165, 1.54) is 0 Å². The summed E-state index contributed by atoms with van der Waals surface area (Å²) in [5, 5.41) is 6.51. The van der Waals surface area contributed by atoms with Crippen molar-refractivity contribution in [3.8, 4) is 11.5 Å². The lowest BCUT2D eigenvalue weighted by Gasteiger charge is -2.14. The van der Waals surface area contributed by atoms with E-state index >= 15 is 0 Å². The number of hydrogen-bond donors (Lipinski definition) is 2. The summed E-state index contributed by atoms with van der Waals surface area (Å²) in [7, 11) is 5.10. The molecule has 2 aromatic carbocycles. The number of nitrogens with zero attached hydrogens (tertiary/aromatic N) is 2. The molecule has 2 N–H and O–H groups in total. The minimum Gasteiger partial charge on any atom is -0.493 e. The lowest BCUT2D eigenvalue weighted by molar-refractivity contribution is 0.0827. The quantitative estimate of drug-likeness (QED) is 0.527. The highest BCUT2D eigenvalue weighted by atomic mass is 16.5. The van der Waals surface area contributed by atoms with Crippen molar-refractivity contribution >= 4 is 17.6 Å². The van der Waals surface area contributed by atoms with Crippen LogP contribution in [0.1, 0.15) is 29.8 Å². The molecule has 0 unspecified atom stereocenters. The van der Waals surface area contributed by atoms with E-state index < -0.39 is 0 Å². The van der Waals surface area contributed by atoms with E-state index in [0.29, 0.717) is 36.2 Å². The maximum Gasteiger partial charge on any atom is 0.253 e. The molecule has 156 valence electrons. The monoisotopic (exact) mass is 398 g/mol. The number of anilines is 1. The molecule has 0 aromatic heterocycles. The van der Waals surface area contributed by atoms with E-state index in [1.807, 2.05) is 56.3 Å². The Morgan fingerprint density at radius 2 is 1.79 bits per heavy atom. The summed E-state index contributed by atoms with van der Waals surface area (Å²) in [4.78, 5) is 18.2. The Bertz CT molecular complexity index is 832. The Labute approximate surface area is 172 Å². The van der Waals surface area contributed by atoms with Crippen molar-refractivity contribution < 1.29 is 14.3 Å². The van der Waals surface area contributed by atoms with Gasteiger partial charge in [0.15, 0.2) is 17.5 Å². The number of rotatable bonds is 8. The number of ether oxygens (including phenoxy) is 2. The van der Waals surface area contributed by atoms with Crippen molar-refractivity contribution in [2.45, 2.75) is 20.4 Å². The van der Waals surface area contributed by atoms with E-state index in [2.05, 4.69) is 15.6 Å². The highest BCUT2D eigenvalue weighted by Crippen LogP contribution is 2.30. The van der Waals surface area contributed by atoms with Gasteiger partial charge in [-0.3, -0.25) is 4.79 Å². The smallest absolute Gasteiger partial charge is 0.253 e. The highest BCUT2D eigenvalue weighted by molar-refractivity contribution is 5.94. The third-order valence-corrected chi connectivity index (χ3v) is 4.10. The Morgan fingerprint density at radius 1 is 1.07 bits per heavy atom. The van der Waals surface area contributed by atoms with Gasteiger partial charge in [-0.15, -0.1) is 0 Å². The predicted molar refractivity (Wildman–Crippen MR) is 117 cm³/mol. The summed E-state index contributed by atoms with van der Waals surface area (Å²) < 4.78 is 11.0. The summed E-state index contributed by atoms with van der Waals surface area (Å²) in [5.41, 5.74) is 2.52. The fraction of sp³-hybridized carbons (Fsp3) is 0.364. The Morgan fingerprint density at radius 3 is 2.38 bits per heavy atom. The Kier molecular flexibility index (Phi) is 8.33. The minimum atomic E-state index is -0.0143. The van der Waals surface area contributed by atoms with Crippen molar-refractivity contribution in [2.75, 3.05) is 39.7 Å². The van der Waals surface area contributed by atoms with Crippen LogP contribution in [0.4, 0.5) is 5.69 Å². The SMILES string of the molecule is CCNC(=NCc1ccc(C(=O)N(C)C)cc1)Nc1ccc(OCC)c(OC)c1. The molecule has 0 radical (unpaired) electrons. The molecule has 1 amide bonds. The van der Waals surface area contributed by atoms with Gasteiger partial charge in [0.1, 0.15) is 0 Å². The summed E-state index contributed by atoms with van der Waals surface area (Å²) >= 11 is 0. The van der Waals surface area contributed by atoms with Crippen molar-refractivity contribution in [3.05, 3.63) is 53.6 Å². The summed E-state index contributed by atoms with van der Waals surface area (Å²) in [6, 6.07) is 13.2. The third kappa shape index (κ3) is 6.41. The molecular weight excluding hydrogens is 368 g/mol. The molecule has 0 saturated heterocycles. The maximum absolute atomic E-state index is 12.0. The fourth-order valence-corrected chi connectivity index (χ4v) is 2.65. The zero-order chi connectivity index (χ0) is 21.2. The normalized spacial score (nSPS) is 11.0. The number of aliphatic imine (C=N–C) groups is 1. The van der Waals surface area contributed by atoms with Crippen LogP contribution in [0.25, 0.3) is 0 Å². The first-order valence-electron chi connectivity index (χ1n) is 9.65. The van der Waals surface area contributed by atoms with Crippen LogP contribution in [0.5, 0.6) is 11.5 Å². The summed E-state index contributed by atoms with van der Waals surface area (Å²) in [6.45, 7) is 5.74. The molecule has 0 bridgehead atoms. The summed E-state index contributed by atoms with van der Waals surface area (Å²) in [5.74, 6) is 2.01. The first kappa shape index (κ1) is 22.1. The number of benzene rings is 2. The number of nitrogens with one attached hydrogen (secondary N) is 2. The Hall–Kier alpha value is -3.22. The van der Waals surface area contributed by atoms with E-state index in [9.17, 15) is 4.79 Å². The van der Waals surface area contributed by atoms with Crippen LogP contribution in [0, 0.1) is 0 Å². The number of amides is 1. The van der Waals surface area contributed by atoms with Crippen LogP contribution in [0.2, 0.25) is 0 Å². The standard InChI is InChI=1S/C22H30N4O3/c1-6-23-22(25-18-12-13-19(29-7-2)20(14-18)28-5)24-15-16-8-10-17(11-9-16)21(27)26(3)4/h8-14H,6-7,15H2,1-5H3,(H2,23,24,25). The van der Waals surface area contributed by atoms with Crippen molar-refractivity contribution in [3.63, 3.8) is 0 Å². The second kappa shape index (κ2) is 10.9. The van der Waals surface area contributed by atoms with Gasteiger partial charge in [-0.25, -0.2) is 4.99 Å². The van der Waals surface area contributed by atoms with Crippen LogP contribution in [0.15, 0.2) is 47.5 Å². The molecule has 0 saturated carbocycles. The molecule has 0 aliphatic carbocycles.